The molecule has 1 saturated heterocycles. The van der Waals surface area contributed by atoms with Gasteiger partial charge < -0.3 is 10.6 Å². The molecule has 1 aromatic rings. The van der Waals surface area contributed by atoms with Crippen molar-refractivity contribution < 1.29 is 4.92 Å². The summed E-state index contributed by atoms with van der Waals surface area (Å²) in [4.78, 5) is 12.8. The first-order valence-corrected chi connectivity index (χ1v) is 6.38. The van der Waals surface area contributed by atoms with E-state index in [1.54, 1.807) is 6.07 Å². The quantitative estimate of drug-likeness (QED) is 0.508. The van der Waals surface area contributed by atoms with E-state index in [2.05, 4.69) is 6.92 Å². The molecular formula is C12H16ClN3O2. The van der Waals surface area contributed by atoms with Gasteiger partial charge in [-0.25, -0.2) is 0 Å². The van der Waals surface area contributed by atoms with Crippen LogP contribution >= 0.6 is 11.6 Å². The summed E-state index contributed by atoms with van der Waals surface area (Å²) < 4.78 is 0. The molecule has 1 fully saturated rings. The zero-order chi connectivity index (χ0) is 13.3. The number of piperidine rings is 1. The van der Waals surface area contributed by atoms with E-state index in [-0.39, 0.29) is 16.8 Å². The fourth-order valence-corrected chi connectivity index (χ4v) is 2.56. The molecular weight excluding hydrogens is 254 g/mol. The SMILES string of the molecule is C[C@@H]1CCCCN1c1cc(N)c(Cl)cc1[N+](=O)[O-]. The van der Waals surface area contributed by atoms with Gasteiger partial charge in [0.25, 0.3) is 5.69 Å². The fourth-order valence-electron chi connectivity index (χ4n) is 2.40. The minimum atomic E-state index is -0.401. The topological polar surface area (TPSA) is 72.4 Å². The molecule has 1 atom stereocenters. The maximum atomic E-state index is 11.1. The minimum absolute atomic E-state index is 0.0305. The van der Waals surface area contributed by atoms with Crippen molar-refractivity contribution in [3.05, 3.63) is 27.3 Å². The summed E-state index contributed by atoms with van der Waals surface area (Å²) in [6, 6.07) is 3.24. The summed E-state index contributed by atoms with van der Waals surface area (Å²) in [6.45, 7) is 2.90. The standard InChI is InChI=1S/C12H16ClN3O2/c1-8-4-2-3-5-15(8)11-7-10(14)9(13)6-12(11)16(17)18/h6-8H,2-5,14H2,1H3/t8-/m1/s1. The minimum Gasteiger partial charge on any atom is -0.397 e. The first-order valence-electron chi connectivity index (χ1n) is 6.00. The van der Waals surface area contributed by atoms with E-state index in [9.17, 15) is 10.1 Å². The maximum absolute atomic E-state index is 11.1. The monoisotopic (exact) mass is 269 g/mol. The predicted molar refractivity (Wildman–Crippen MR) is 73.2 cm³/mol. The van der Waals surface area contributed by atoms with Crippen LogP contribution in [0.1, 0.15) is 26.2 Å². The highest BCUT2D eigenvalue weighted by Gasteiger charge is 2.26. The largest absolute Gasteiger partial charge is 0.397 e. The molecule has 0 saturated carbocycles. The lowest BCUT2D eigenvalue weighted by Crippen LogP contribution is -2.37. The van der Waals surface area contributed by atoms with Gasteiger partial charge in [0.05, 0.1) is 15.6 Å². The van der Waals surface area contributed by atoms with Crippen molar-refractivity contribution in [1.29, 1.82) is 0 Å². The molecule has 6 heteroatoms. The van der Waals surface area contributed by atoms with Gasteiger partial charge in [-0.05, 0) is 32.3 Å². The number of hydrogen-bond donors (Lipinski definition) is 1. The van der Waals surface area contributed by atoms with Crippen LogP contribution in [-0.2, 0) is 0 Å². The van der Waals surface area contributed by atoms with Gasteiger partial charge in [-0.15, -0.1) is 0 Å². The molecule has 2 N–H and O–H groups in total. The predicted octanol–water partition coefficient (Wildman–Crippen LogP) is 3.21. The second-order valence-corrected chi connectivity index (χ2v) is 5.06. The lowest BCUT2D eigenvalue weighted by atomic mass is 10.0. The van der Waals surface area contributed by atoms with Gasteiger partial charge in [0.15, 0.2) is 0 Å². The van der Waals surface area contributed by atoms with Gasteiger partial charge in [-0.2, -0.15) is 0 Å². The Labute approximate surface area is 111 Å². The number of nitrogens with zero attached hydrogens (tertiary/aromatic N) is 2. The number of halogens is 1. The van der Waals surface area contributed by atoms with E-state index in [1.165, 1.54) is 6.07 Å². The smallest absolute Gasteiger partial charge is 0.294 e. The van der Waals surface area contributed by atoms with E-state index in [0.29, 0.717) is 11.4 Å². The number of nitrogen functional groups attached to an aromatic ring is 1. The number of anilines is 2. The highest BCUT2D eigenvalue weighted by Crippen LogP contribution is 2.37. The molecule has 1 aliphatic rings. The Kier molecular flexibility index (Phi) is 3.61. The summed E-state index contributed by atoms with van der Waals surface area (Å²) in [5.74, 6) is 0. The van der Waals surface area contributed by atoms with Gasteiger partial charge in [0.1, 0.15) is 5.69 Å². The molecule has 0 radical (unpaired) electrons. The first kappa shape index (κ1) is 13.0. The number of benzene rings is 1. The molecule has 2 rings (SSSR count). The number of hydrogen-bond acceptors (Lipinski definition) is 4. The third-order valence-corrected chi connectivity index (χ3v) is 3.73. The summed E-state index contributed by atoms with van der Waals surface area (Å²) in [5, 5.41) is 11.3. The molecule has 0 spiro atoms. The molecule has 1 aromatic carbocycles. The Morgan fingerprint density at radius 1 is 1.50 bits per heavy atom. The second kappa shape index (κ2) is 5.02. The maximum Gasteiger partial charge on any atom is 0.294 e. The number of nitrogens with two attached hydrogens (primary N) is 1. The van der Waals surface area contributed by atoms with E-state index < -0.39 is 4.92 Å². The average Bonchev–Trinajstić information content (AvgIpc) is 2.32. The van der Waals surface area contributed by atoms with Crippen LogP contribution in [0.4, 0.5) is 17.1 Å². The van der Waals surface area contributed by atoms with Crippen LogP contribution in [0.15, 0.2) is 12.1 Å². The first-order chi connectivity index (χ1) is 8.50. The van der Waals surface area contributed by atoms with Crippen molar-refractivity contribution in [3.8, 4) is 0 Å². The van der Waals surface area contributed by atoms with Crippen molar-refractivity contribution in [3.63, 3.8) is 0 Å². The third-order valence-electron chi connectivity index (χ3n) is 3.40. The molecule has 98 valence electrons. The van der Waals surface area contributed by atoms with Crippen LogP contribution in [0.2, 0.25) is 5.02 Å². The Bertz CT molecular complexity index is 479. The van der Waals surface area contributed by atoms with E-state index >= 15 is 0 Å². The van der Waals surface area contributed by atoms with Crippen LogP contribution < -0.4 is 10.6 Å². The highest BCUT2D eigenvalue weighted by molar-refractivity contribution is 6.33. The Balaban J connectivity index is 2.47. The van der Waals surface area contributed by atoms with E-state index in [1.807, 2.05) is 4.90 Å². The molecule has 0 aliphatic carbocycles. The highest BCUT2D eigenvalue weighted by atomic mass is 35.5. The zero-order valence-electron chi connectivity index (χ0n) is 10.2. The normalized spacial score (nSPS) is 19.9. The van der Waals surface area contributed by atoms with Crippen LogP contribution in [0.5, 0.6) is 0 Å². The average molecular weight is 270 g/mol. The van der Waals surface area contributed by atoms with Crippen molar-refractivity contribution in [2.24, 2.45) is 0 Å². The fraction of sp³-hybridized carbons (Fsp3) is 0.500. The lowest BCUT2D eigenvalue weighted by Gasteiger charge is -2.35. The molecule has 5 nitrogen and oxygen atoms in total. The Morgan fingerprint density at radius 3 is 2.83 bits per heavy atom. The Morgan fingerprint density at radius 2 is 2.22 bits per heavy atom. The third kappa shape index (κ3) is 2.36. The lowest BCUT2D eigenvalue weighted by molar-refractivity contribution is -0.384. The van der Waals surface area contributed by atoms with Crippen LogP contribution in [0, 0.1) is 10.1 Å². The van der Waals surface area contributed by atoms with E-state index in [4.69, 9.17) is 17.3 Å². The van der Waals surface area contributed by atoms with E-state index in [0.717, 1.165) is 25.8 Å². The van der Waals surface area contributed by atoms with Crippen LogP contribution in [-0.4, -0.2) is 17.5 Å². The van der Waals surface area contributed by atoms with Gasteiger partial charge in [0, 0.05) is 18.7 Å². The second-order valence-electron chi connectivity index (χ2n) is 4.66. The Hall–Kier alpha value is -1.49. The molecule has 1 heterocycles. The van der Waals surface area contributed by atoms with Crippen LogP contribution in [0.25, 0.3) is 0 Å². The van der Waals surface area contributed by atoms with Gasteiger partial charge in [0.2, 0.25) is 0 Å². The van der Waals surface area contributed by atoms with Gasteiger partial charge in [-0.3, -0.25) is 10.1 Å². The molecule has 0 amide bonds. The summed E-state index contributed by atoms with van der Waals surface area (Å²) in [6.07, 6.45) is 3.25. The van der Waals surface area contributed by atoms with Crippen LogP contribution in [0.3, 0.4) is 0 Å². The zero-order valence-corrected chi connectivity index (χ0v) is 11.0. The number of rotatable bonds is 2. The van der Waals surface area contributed by atoms with Gasteiger partial charge in [-0.1, -0.05) is 11.6 Å². The van der Waals surface area contributed by atoms with Crippen molar-refractivity contribution in [2.75, 3.05) is 17.2 Å². The van der Waals surface area contributed by atoms with Crippen molar-refractivity contribution >= 4 is 28.7 Å². The number of nitro groups is 1. The summed E-state index contributed by atoms with van der Waals surface area (Å²) >= 11 is 5.86. The molecule has 0 aromatic heterocycles. The summed E-state index contributed by atoms with van der Waals surface area (Å²) in [7, 11) is 0. The number of nitro benzene ring substituents is 1. The molecule has 0 unspecified atom stereocenters. The van der Waals surface area contributed by atoms with Crippen molar-refractivity contribution in [2.45, 2.75) is 32.2 Å². The summed E-state index contributed by atoms with van der Waals surface area (Å²) in [5.41, 5.74) is 6.75. The molecule has 0 bridgehead atoms. The van der Waals surface area contributed by atoms with Gasteiger partial charge >= 0.3 is 0 Å². The van der Waals surface area contributed by atoms with Crippen molar-refractivity contribution in [1.82, 2.24) is 0 Å². The molecule has 18 heavy (non-hydrogen) atoms. The molecule has 1 aliphatic heterocycles.